The van der Waals surface area contributed by atoms with Gasteiger partial charge in [0.2, 0.25) is 11.7 Å². The van der Waals surface area contributed by atoms with Crippen molar-refractivity contribution < 1.29 is 9.59 Å². The highest BCUT2D eigenvalue weighted by molar-refractivity contribution is 6.09. The minimum atomic E-state index is -0.444. The van der Waals surface area contributed by atoms with Gasteiger partial charge >= 0.3 is 0 Å². The predicted octanol–water partition coefficient (Wildman–Crippen LogP) is 2.23. The van der Waals surface area contributed by atoms with Crippen molar-refractivity contribution in [1.29, 1.82) is 0 Å². The quantitative estimate of drug-likeness (QED) is 0.676. The third-order valence-electron chi connectivity index (χ3n) is 4.93. The molecule has 1 saturated carbocycles. The summed E-state index contributed by atoms with van der Waals surface area (Å²) in [5.41, 5.74) is 14.7. The molecule has 0 aliphatic heterocycles. The number of ketones is 1. The van der Waals surface area contributed by atoms with E-state index in [9.17, 15) is 9.59 Å². The zero-order chi connectivity index (χ0) is 19.1. The van der Waals surface area contributed by atoms with Crippen molar-refractivity contribution >= 4 is 17.5 Å². The number of nitrogen functional groups attached to an aromatic ring is 1. The van der Waals surface area contributed by atoms with Gasteiger partial charge in [0, 0.05) is 23.7 Å². The summed E-state index contributed by atoms with van der Waals surface area (Å²) in [5, 5.41) is 0. The topological polar surface area (TPSA) is 117 Å². The van der Waals surface area contributed by atoms with Crippen LogP contribution in [0.25, 0.3) is 0 Å². The molecule has 136 valence electrons. The van der Waals surface area contributed by atoms with Gasteiger partial charge in [-0.15, -0.1) is 0 Å². The zero-order valence-corrected chi connectivity index (χ0v) is 14.8. The van der Waals surface area contributed by atoms with Crippen LogP contribution in [-0.2, 0) is 0 Å². The number of rotatable bonds is 5. The fraction of sp³-hybridized carbons (Fsp3) is 0.200. The van der Waals surface area contributed by atoms with Crippen molar-refractivity contribution in [3.8, 4) is 0 Å². The highest BCUT2D eigenvalue weighted by Gasteiger charge is 2.43. The van der Waals surface area contributed by atoms with Crippen LogP contribution < -0.4 is 11.5 Å². The van der Waals surface area contributed by atoms with E-state index in [1.807, 2.05) is 19.1 Å². The summed E-state index contributed by atoms with van der Waals surface area (Å²) in [6.07, 6.45) is 3.94. The molecule has 0 spiro atoms. The molecule has 2 aromatic heterocycles. The normalized spacial score (nSPS) is 18.3. The van der Waals surface area contributed by atoms with Gasteiger partial charge in [0.05, 0.1) is 6.33 Å². The Balaban J connectivity index is 1.63. The number of primary amides is 1. The third kappa shape index (κ3) is 2.97. The van der Waals surface area contributed by atoms with E-state index in [0.717, 1.165) is 17.5 Å². The molecule has 0 radical (unpaired) electrons. The van der Waals surface area contributed by atoms with Crippen LogP contribution in [0.15, 0.2) is 48.9 Å². The molecule has 0 saturated heterocycles. The van der Waals surface area contributed by atoms with Gasteiger partial charge in [-0.25, -0.2) is 4.98 Å². The van der Waals surface area contributed by atoms with E-state index < -0.39 is 5.91 Å². The molecule has 1 aromatic carbocycles. The van der Waals surface area contributed by atoms with E-state index in [2.05, 4.69) is 9.97 Å². The minimum Gasteiger partial charge on any atom is -0.383 e. The molecule has 2 unspecified atom stereocenters. The van der Waals surface area contributed by atoms with Crippen LogP contribution >= 0.6 is 0 Å². The first-order chi connectivity index (χ1) is 13.0. The van der Waals surface area contributed by atoms with Crippen molar-refractivity contribution in [3.63, 3.8) is 0 Å². The lowest BCUT2D eigenvalue weighted by Crippen LogP contribution is -2.14. The van der Waals surface area contributed by atoms with Crippen LogP contribution in [0.1, 0.15) is 56.0 Å². The number of nitrogens with zero attached hydrogens (tertiary/aromatic N) is 3. The molecule has 0 bridgehead atoms. The molecule has 7 heteroatoms. The third-order valence-corrected chi connectivity index (χ3v) is 4.93. The fourth-order valence-corrected chi connectivity index (χ4v) is 3.46. The number of benzene rings is 1. The van der Waals surface area contributed by atoms with Gasteiger partial charge in [0.25, 0.3) is 0 Å². The summed E-state index contributed by atoms with van der Waals surface area (Å²) in [6, 6.07) is 10.8. The van der Waals surface area contributed by atoms with Gasteiger partial charge in [-0.2, -0.15) is 0 Å². The van der Waals surface area contributed by atoms with E-state index >= 15 is 0 Å². The molecule has 3 aromatic rings. The number of nitrogens with two attached hydrogens (primary N) is 2. The Morgan fingerprint density at radius 3 is 2.70 bits per heavy atom. The highest BCUT2D eigenvalue weighted by atomic mass is 16.1. The predicted molar refractivity (Wildman–Crippen MR) is 100 cm³/mol. The Morgan fingerprint density at radius 1 is 1.19 bits per heavy atom. The van der Waals surface area contributed by atoms with Crippen LogP contribution in [-0.4, -0.2) is 26.2 Å². The van der Waals surface area contributed by atoms with Crippen LogP contribution in [0.4, 0.5) is 5.82 Å². The van der Waals surface area contributed by atoms with E-state index in [1.54, 1.807) is 41.4 Å². The van der Waals surface area contributed by atoms with E-state index in [4.69, 9.17) is 11.5 Å². The largest absolute Gasteiger partial charge is 0.383 e. The first-order valence-corrected chi connectivity index (χ1v) is 8.65. The maximum absolute atomic E-state index is 12.6. The second-order valence-corrected chi connectivity index (χ2v) is 6.79. The molecule has 1 amide bonds. The van der Waals surface area contributed by atoms with Crippen LogP contribution in [0.2, 0.25) is 0 Å². The number of hydrogen-bond acceptors (Lipinski definition) is 5. The number of amides is 1. The Morgan fingerprint density at radius 2 is 2.00 bits per heavy atom. The van der Waals surface area contributed by atoms with Crippen molar-refractivity contribution in [1.82, 2.24) is 14.5 Å². The number of aromatic nitrogens is 3. The smallest absolute Gasteiger partial charge is 0.248 e. The number of imidazole rings is 1. The van der Waals surface area contributed by atoms with Crippen molar-refractivity contribution in [2.45, 2.75) is 25.3 Å². The lowest BCUT2D eigenvalue weighted by molar-refractivity contribution is 0.0997. The van der Waals surface area contributed by atoms with Gasteiger partial charge in [-0.3, -0.25) is 14.6 Å². The van der Waals surface area contributed by atoms with Crippen molar-refractivity contribution in [2.75, 3.05) is 5.73 Å². The van der Waals surface area contributed by atoms with Crippen LogP contribution in [0, 0.1) is 6.92 Å². The fourth-order valence-electron chi connectivity index (χ4n) is 3.46. The molecule has 1 aliphatic rings. The van der Waals surface area contributed by atoms with E-state index in [1.165, 1.54) is 0 Å². The summed E-state index contributed by atoms with van der Waals surface area (Å²) < 4.78 is 1.80. The number of carbonyl (C=O) groups excluding carboxylic acids is 2. The molecule has 4 rings (SSSR count). The summed E-state index contributed by atoms with van der Waals surface area (Å²) in [6.45, 7) is 1.97. The summed E-state index contributed by atoms with van der Waals surface area (Å²) >= 11 is 0. The lowest BCUT2D eigenvalue weighted by atomic mass is 10.00. The lowest BCUT2D eigenvalue weighted by Gasteiger charge is -2.09. The Kier molecular flexibility index (Phi) is 3.99. The van der Waals surface area contributed by atoms with Crippen molar-refractivity contribution in [2.24, 2.45) is 5.73 Å². The van der Waals surface area contributed by atoms with E-state index in [-0.39, 0.29) is 23.4 Å². The summed E-state index contributed by atoms with van der Waals surface area (Å²) in [7, 11) is 0. The first kappa shape index (κ1) is 17.0. The standard InChI is InChI=1S/C20H19N5O2/c1-11-5-6-12(20(22)27)13(8-11)14-9-16(14)25-10-24-17(19(25)21)18(26)15-4-2-3-7-23-15/h2-8,10,14,16H,9,21H2,1H3,(H2,22,27). The van der Waals surface area contributed by atoms with Gasteiger partial charge in [-0.1, -0.05) is 23.8 Å². The highest BCUT2D eigenvalue weighted by Crippen LogP contribution is 2.53. The Bertz CT molecular complexity index is 1040. The second kappa shape index (κ2) is 6.35. The molecule has 27 heavy (non-hydrogen) atoms. The van der Waals surface area contributed by atoms with Gasteiger partial charge in [0.15, 0.2) is 5.69 Å². The number of carbonyl (C=O) groups is 2. The number of hydrogen-bond donors (Lipinski definition) is 2. The minimum absolute atomic E-state index is 0.0442. The molecule has 4 N–H and O–H groups in total. The number of anilines is 1. The monoisotopic (exact) mass is 361 g/mol. The molecular weight excluding hydrogens is 342 g/mol. The number of aryl methyl sites for hydroxylation is 1. The average molecular weight is 361 g/mol. The van der Waals surface area contributed by atoms with Crippen LogP contribution in [0.5, 0.6) is 0 Å². The Hall–Kier alpha value is -3.48. The van der Waals surface area contributed by atoms with Gasteiger partial charge < -0.3 is 16.0 Å². The molecular formula is C20H19N5O2. The Labute approximate surface area is 156 Å². The van der Waals surface area contributed by atoms with Gasteiger partial charge in [0.1, 0.15) is 11.5 Å². The summed E-state index contributed by atoms with van der Waals surface area (Å²) in [5.74, 6) is -0.328. The number of pyridine rings is 1. The maximum Gasteiger partial charge on any atom is 0.248 e. The maximum atomic E-state index is 12.6. The molecule has 2 atom stereocenters. The molecule has 1 fully saturated rings. The average Bonchev–Trinajstić information content (AvgIpc) is 3.36. The summed E-state index contributed by atoms with van der Waals surface area (Å²) in [4.78, 5) is 32.6. The SMILES string of the molecule is Cc1ccc(C(N)=O)c(C2CC2n2cnc(C(=O)c3ccccn3)c2N)c1. The molecule has 2 heterocycles. The van der Waals surface area contributed by atoms with Crippen LogP contribution in [0.3, 0.4) is 0 Å². The molecule has 1 aliphatic carbocycles. The molecule has 7 nitrogen and oxygen atoms in total. The van der Waals surface area contributed by atoms with Crippen molar-refractivity contribution in [3.05, 3.63) is 77.0 Å². The van der Waals surface area contributed by atoms with Gasteiger partial charge in [-0.05, 0) is 37.1 Å². The second-order valence-electron chi connectivity index (χ2n) is 6.79. The van der Waals surface area contributed by atoms with E-state index in [0.29, 0.717) is 17.1 Å². The zero-order valence-electron chi connectivity index (χ0n) is 14.8. The first-order valence-electron chi connectivity index (χ1n) is 8.65.